The molecule has 1 fully saturated rings. The van der Waals surface area contributed by atoms with Gasteiger partial charge >= 0.3 is 0 Å². The first-order chi connectivity index (χ1) is 17.1. The van der Waals surface area contributed by atoms with Gasteiger partial charge in [-0.25, -0.2) is 8.78 Å². The predicted molar refractivity (Wildman–Crippen MR) is 137 cm³/mol. The standard InChI is InChI=1S/C30H32F2N2O/c1-35-28-14-9-22-3-2-4-23(29(22)21-28)15-16-33-17-19-34(20-18-33)30(24-5-10-26(31)11-6-24)25-7-12-27(32)13-8-25/h5-15,21,30H,2-4,16-20H2,1H3/b23-15-. The summed E-state index contributed by atoms with van der Waals surface area (Å²) >= 11 is 0. The third-order valence-electron chi connectivity index (χ3n) is 7.29. The normalized spacial score (nSPS) is 18.1. The van der Waals surface area contributed by atoms with Gasteiger partial charge in [0.1, 0.15) is 17.4 Å². The summed E-state index contributed by atoms with van der Waals surface area (Å²) in [6, 6.07) is 19.8. The van der Waals surface area contributed by atoms with E-state index in [0.717, 1.165) is 62.4 Å². The number of piperazine rings is 1. The number of benzene rings is 3. The third kappa shape index (κ3) is 5.47. The first-order valence-corrected chi connectivity index (χ1v) is 12.4. The maximum Gasteiger partial charge on any atom is 0.123 e. The minimum absolute atomic E-state index is 0.0191. The minimum atomic E-state index is -0.244. The Labute approximate surface area is 206 Å². The number of hydrogen-bond donors (Lipinski definition) is 0. The fourth-order valence-electron chi connectivity index (χ4n) is 5.36. The molecule has 3 nitrogen and oxygen atoms in total. The number of nitrogens with zero attached hydrogens (tertiary/aromatic N) is 2. The fourth-order valence-corrected chi connectivity index (χ4v) is 5.36. The van der Waals surface area contributed by atoms with Crippen LogP contribution in [-0.2, 0) is 6.42 Å². The van der Waals surface area contributed by atoms with Crippen molar-refractivity contribution in [2.24, 2.45) is 0 Å². The molecule has 0 radical (unpaired) electrons. The topological polar surface area (TPSA) is 15.7 Å². The molecule has 0 N–H and O–H groups in total. The molecule has 3 aromatic carbocycles. The molecule has 0 aromatic heterocycles. The molecule has 5 heteroatoms. The molecule has 2 aliphatic rings. The first-order valence-electron chi connectivity index (χ1n) is 12.4. The Hall–Kier alpha value is -3.02. The van der Waals surface area contributed by atoms with E-state index in [-0.39, 0.29) is 17.7 Å². The van der Waals surface area contributed by atoms with Crippen LogP contribution in [0.15, 0.2) is 72.8 Å². The Kier molecular flexibility index (Phi) is 7.26. The maximum absolute atomic E-state index is 13.6. The Balaban J connectivity index is 1.28. The van der Waals surface area contributed by atoms with E-state index in [4.69, 9.17) is 4.74 Å². The Bertz CT molecular complexity index is 1120. The van der Waals surface area contributed by atoms with Gasteiger partial charge in [-0.15, -0.1) is 0 Å². The van der Waals surface area contributed by atoms with Crippen LogP contribution in [0.3, 0.4) is 0 Å². The lowest BCUT2D eigenvalue weighted by Crippen LogP contribution is -2.47. The highest BCUT2D eigenvalue weighted by Gasteiger charge is 2.26. The van der Waals surface area contributed by atoms with Gasteiger partial charge in [-0.2, -0.15) is 0 Å². The van der Waals surface area contributed by atoms with E-state index in [2.05, 4.69) is 34.1 Å². The molecule has 5 rings (SSSR count). The van der Waals surface area contributed by atoms with Gasteiger partial charge in [0, 0.05) is 32.7 Å². The first kappa shape index (κ1) is 23.7. The molecule has 0 amide bonds. The van der Waals surface area contributed by atoms with Crippen LogP contribution in [0.4, 0.5) is 8.78 Å². The summed E-state index contributed by atoms with van der Waals surface area (Å²) in [4.78, 5) is 4.91. The number of methoxy groups -OCH3 is 1. The molecule has 182 valence electrons. The smallest absolute Gasteiger partial charge is 0.123 e. The third-order valence-corrected chi connectivity index (χ3v) is 7.29. The maximum atomic E-state index is 13.6. The zero-order valence-corrected chi connectivity index (χ0v) is 20.2. The van der Waals surface area contributed by atoms with Crippen LogP contribution in [0, 0.1) is 11.6 Å². The number of halogens is 2. The summed E-state index contributed by atoms with van der Waals surface area (Å²) in [5.41, 5.74) is 6.22. The lowest BCUT2D eigenvalue weighted by molar-refractivity contribution is 0.117. The van der Waals surface area contributed by atoms with Crippen molar-refractivity contribution in [2.75, 3.05) is 39.8 Å². The summed E-state index contributed by atoms with van der Waals surface area (Å²) in [6.07, 6.45) is 5.82. The summed E-state index contributed by atoms with van der Waals surface area (Å²) in [5.74, 6) is 0.426. The second-order valence-electron chi connectivity index (χ2n) is 9.45. The fraction of sp³-hybridized carbons (Fsp3) is 0.333. The van der Waals surface area contributed by atoms with Gasteiger partial charge in [0.15, 0.2) is 0 Å². The van der Waals surface area contributed by atoms with Crippen molar-refractivity contribution in [1.29, 1.82) is 0 Å². The van der Waals surface area contributed by atoms with Gasteiger partial charge in [0.2, 0.25) is 0 Å². The second kappa shape index (κ2) is 10.7. The Morgan fingerprint density at radius 1 is 0.829 bits per heavy atom. The van der Waals surface area contributed by atoms with Crippen LogP contribution in [0.1, 0.15) is 41.1 Å². The lowest BCUT2D eigenvalue weighted by atomic mass is 9.87. The molecule has 35 heavy (non-hydrogen) atoms. The predicted octanol–water partition coefficient (Wildman–Crippen LogP) is 6.10. The monoisotopic (exact) mass is 474 g/mol. The zero-order chi connectivity index (χ0) is 24.2. The van der Waals surface area contributed by atoms with Gasteiger partial charge in [0.25, 0.3) is 0 Å². The van der Waals surface area contributed by atoms with E-state index in [1.165, 1.54) is 47.4 Å². The average Bonchev–Trinajstić information content (AvgIpc) is 2.90. The number of rotatable bonds is 6. The van der Waals surface area contributed by atoms with E-state index in [0.29, 0.717) is 0 Å². The van der Waals surface area contributed by atoms with Crippen LogP contribution in [0.25, 0.3) is 5.57 Å². The van der Waals surface area contributed by atoms with E-state index >= 15 is 0 Å². The van der Waals surface area contributed by atoms with Crippen molar-refractivity contribution in [1.82, 2.24) is 9.80 Å². The SMILES string of the molecule is COc1ccc2c(c1)/C(=C\CN1CCN(C(c3ccc(F)cc3)c3ccc(F)cc3)CC1)CCC2. The summed E-state index contributed by atoms with van der Waals surface area (Å²) in [5, 5.41) is 0. The van der Waals surface area contributed by atoms with Crippen molar-refractivity contribution >= 4 is 5.57 Å². The van der Waals surface area contributed by atoms with E-state index in [1.54, 1.807) is 7.11 Å². The quantitative estimate of drug-likeness (QED) is 0.429. The number of fused-ring (bicyclic) bond motifs is 1. The van der Waals surface area contributed by atoms with Crippen LogP contribution >= 0.6 is 0 Å². The molecular formula is C30H32F2N2O. The molecule has 0 unspecified atom stereocenters. The number of ether oxygens (including phenoxy) is 1. The lowest BCUT2D eigenvalue weighted by Gasteiger charge is -2.39. The van der Waals surface area contributed by atoms with E-state index < -0.39 is 0 Å². The highest BCUT2D eigenvalue weighted by molar-refractivity contribution is 5.71. The summed E-state index contributed by atoms with van der Waals surface area (Å²) in [6.45, 7) is 4.62. The van der Waals surface area contributed by atoms with E-state index in [9.17, 15) is 8.78 Å². The molecule has 0 spiro atoms. The molecule has 1 aliphatic carbocycles. The Morgan fingerprint density at radius 3 is 2.06 bits per heavy atom. The van der Waals surface area contributed by atoms with Gasteiger partial charge in [-0.05, 0) is 83.5 Å². The molecule has 0 atom stereocenters. The van der Waals surface area contributed by atoms with Gasteiger partial charge in [0.05, 0.1) is 13.2 Å². The average molecular weight is 475 g/mol. The number of hydrogen-bond acceptors (Lipinski definition) is 3. The summed E-state index contributed by atoms with van der Waals surface area (Å²) < 4.78 is 32.6. The van der Waals surface area contributed by atoms with Gasteiger partial charge in [-0.1, -0.05) is 36.4 Å². The summed E-state index contributed by atoms with van der Waals surface area (Å²) in [7, 11) is 1.72. The molecule has 0 bridgehead atoms. The molecule has 0 saturated carbocycles. The van der Waals surface area contributed by atoms with Crippen molar-refractivity contribution < 1.29 is 13.5 Å². The highest BCUT2D eigenvalue weighted by atomic mass is 19.1. The van der Waals surface area contributed by atoms with Gasteiger partial charge < -0.3 is 4.74 Å². The number of aryl methyl sites for hydroxylation is 1. The second-order valence-corrected chi connectivity index (χ2v) is 9.45. The largest absolute Gasteiger partial charge is 0.497 e. The van der Waals surface area contributed by atoms with Crippen molar-refractivity contribution in [3.8, 4) is 5.75 Å². The van der Waals surface area contributed by atoms with Crippen molar-refractivity contribution in [3.05, 3.63) is 107 Å². The Morgan fingerprint density at radius 2 is 1.46 bits per heavy atom. The molecular weight excluding hydrogens is 442 g/mol. The van der Waals surface area contributed by atoms with Crippen molar-refractivity contribution in [2.45, 2.75) is 25.3 Å². The zero-order valence-electron chi connectivity index (χ0n) is 20.2. The number of allylic oxidation sites excluding steroid dienone is 1. The molecule has 3 aromatic rings. The van der Waals surface area contributed by atoms with Crippen molar-refractivity contribution in [3.63, 3.8) is 0 Å². The van der Waals surface area contributed by atoms with Crippen LogP contribution in [-0.4, -0.2) is 49.6 Å². The van der Waals surface area contributed by atoms with Gasteiger partial charge in [-0.3, -0.25) is 9.80 Å². The van der Waals surface area contributed by atoms with E-state index in [1.807, 2.05) is 24.3 Å². The van der Waals surface area contributed by atoms with Crippen LogP contribution < -0.4 is 4.74 Å². The van der Waals surface area contributed by atoms with Crippen LogP contribution in [0.5, 0.6) is 5.75 Å². The van der Waals surface area contributed by atoms with Crippen LogP contribution in [0.2, 0.25) is 0 Å². The molecule has 1 heterocycles. The highest BCUT2D eigenvalue weighted by Crippen LogP contribution is 2.34. The minimum Gasteiger partial charge on any atom is -0.497 e. The molecule has 1 saturated heterocycles. The molecule has 1 aliphatic heterocycles.